The summed E-state index contributed by atoms with van der Waals surface area (Å²) < 4.78 is 12.1. The molecule has 2 aliphatic rings. The number of para-hydroxylation sites is 1. The summed E-state index contributed by atoms with van der Waals surface area (Å²) >= 11 is 0. The summed E-state index contributed by atoms with van der Waals surface area (Å²) in [6, 6.07) is 9.97. The van der Waals surface area contributed by atoms with Crippen LogP contribution in [0.25, 0.3) is 0 Å². The first-order chi connectivity index (χ1) is 12.6. The Morgan fingerprint density at radius 1 is 1.23 bits per heavy atom. The van der Waals surface area contributed by atoms with E-state index in [1.165, 1.54) is 7.05 Å². The first-order valence-electron chi connectivity index (χ1n) is 9.59. The van der Waals surface area contributed by atoms with E-state index in [4.69, 9.17) is 14.7 Å². The predicted molar refractivity (Wildman–Crippen MR) is 99.0 cm³/mol. The van der Waals surface area contributed by atoms with Crippen molar-refractivity contribution >= 4 is 5.91 Å². The van der Waals surface area contributed by atoms with Crippen molar-refractivity contribution in [2.24, 2.45) is 11.8 Å². The van der Waals surface area contributed by atoms with E-state index in [9.17, 15) is 4.79 Å². The molecule has 1 aromatic carbocycles. The first kappa shape index (κ1) is 18.9. The second-order valence-corrected chi connectivity index (χ2v) is 7.26. The highest BCUT2D eigenvalue weighted by Gasteiger charge is 2.48. The lowest BCUT2D eigenvalue weighted by Crippen LogP contribution is -2.31. The normalized spacial score (nSPS) is 27.2. The number of carbonyl (C=O) groups excluding carboxylic acids is 1. The van der Waals surface area contributed by atoms with Crippen LogP contribution in [0.5, 0.6) is 5.75 Å². The van der Waals surface area contributed by atoms with E-state index in [-0.39, 0.29) is 5.91 Å². The first-order valence-corrected chi connectivity index (χ1v) is 9.59. The van der Waals surface area contributed by atoms with Crippen LogP contribution in [0.2, 0.25) is 0 Å². The van der Waals surface area contributed by atoms with Crippen molar-refractivity contribution in [3.05, 3.63) is 42.5 Å². The molecule has 142 valence electrons. The molecule has 0 radical (unpaired) electrons. The molecule has 5 heteroatoms. The second kappa shape index (κ2) is 9.19. The number of rotatable bonds is 9. The highest BCUT2D eigenvalue weighted by Crippen LogP contribution is 2.45. The molecule has 2 saturated heterocycles. The molecule has 5 nitrogen and oxygen atoms in total. The van der Waals surface area contributed by atoms with Gasteiger partial charge in [-0.15, -0.1) is 0 Å². The number of hydrogen-bond donors (Lipinski definition) is 1. The molecule has 0 aromatic heterocycles. The van der Waals surface area contributed by atoms with Crippen LogP contribution in [-0.4, -0.2) is 42.0 Å². The lowest BCUT2D eigenvalue weighted by atomic mass is 9.78. The van der Waals surface area contributed by atoms with Gasteiger partial charge in [0.15, 0.2) is 0 Å². The van der Waals surface area contributed by atoms with E-state index in [0.29, 0.717) is 42.1 Å². The molecule has 2 heterocycles. The Morgan fingerprint density at radius 3 is 2.69 bits per heavy atom. The Bertz CT molecular complexity index is 601. The number of nitrogens with zero attached hydrogens (tertiary/aromatic N) is 1. The molecule has 26 heavy (non-hydrogen) atoms. The number of carbonyl (C=O) groups is 1. The fourth-order valence-corrected chi connectivity index (χ4v) is 4.04. The minimum atomic E-state index is -0.238. The summed E-state index contributed by atoms with van der Waals surface area (Å²) in [6.45, 7) is 0.709. The van der Waals surface area contributed by atoms with Crippen LogP contribution in [0.1, 0.15) is 38.5 Å². The Labute approximate surface area is 155 Å². The van der Waals surface area contributed by atoms with Gasteiger partial charge in [-0.2, -0.15) is 0 Å². The van der Waals surface area contributed by atoms with Crippen molar-refractivity contribution in [1.29, 1.82) is 0 Å². The van der Waals surface area contributed by atoms with Crippen LogP contribution in [0.3, 0.4) is 0 Å². The summed E-state index contributed by atoms with van der Waals surface area (Å²) in [5.41, 5.74) is 0. The number of ether oxygens (including phenoxy) is 2. The van der Waals surface area contributed by atoms with Crippen LogP contribution in [0.4, 0.5) is 0 Å². The monoisotopic (exact) mass is 359 g/mol. The van der Waals surface area contributed by atoms with Gasteiger partial charge < -0.3 is 9.47 Å². The van der Waals surface area contributed by atoms with Gasteiger partial charge in [-0.3, -0.25) is 10.0 Å². The molecule has 0 aliphatic carbocycles. The number of fused-ring (bicyclic) bond motifs is 2. The average molecular weight is 359 g/mol. The molecule has 0 saturated carbocycles. The highest BCUT2D eigenvalue weighted by molar-refractivity contribution is 5.74. The number of hydrogen-bond acceptors (Lipinski definition) is 4. The number of amides is 1. The third kappa shape index (κ3) is 4.86. The zero-order valence-electron chi connectivity index (χ0n) is 15.4. The quantitative estimate of drug-likeness (QED) is 0.315. The van der Waals surface area contributed by atoms with Crippen LogP contribution in [-0.2, 0) is 9.53 Å². The number of allylic oxidation sites excluding steroid dienone is 2. The minimum Gasteiger partial charge on any atom is -0.493 e. The molecule has 0 unspecified atom stereocenters. The van der Waals surface area contributed by atoms with Crippen LogP contribution in [0, 0.1) is 11.8 Å². The lowest BCUT2D eigenvalue weighted by molar-refractivity contribution is -0.159. The largest absolute Gasteiger partial charge is 0.493 e. The maximum absolute atomic E-state index is 11.3. The van der Waals surface area contributed by atoms with Crippen molar-refractivity contribution < 1.29 is 19.5 Å². The molecule has 2 fully saturated rings. The predicted octanol–water partition coefficient (Wildman–Crippen LogP) is 3.82. The molecule has 1 aromatic rings. The molecular formula is C21H29NO4. The van der Waals surface area contributed by atoms with E-state index in [0.717, 1.165) is 37.9 Å². The van der Waals surface area contributed by atoms with E-state index in [2.05, 4.69) is 12.2 Å². The molecule has 4 atom stereocenters. The molecule has 0 spiro atoms. The topological polar surface area (TPSA) is 59.0 Å². The molecular weight excluding hydrogens is 330 g/mol. The Balaban J connectivity index is 1.43. The summed E-state index contributed by atoms with van der Waals surface area (Å²) in [5, 5.41) is 9.69. The number of hydroxylamine groups is 2. The fourth-order valence-electron chi connectivity index (χ4n) is 4.04. The maximum atomic E-state index is 11.3. The summed E-state index contributed by atoms with van der Waals surface area (Å²) in [5.74, 6) is 1.64. The minimum absolute atomic E-state index is 0.238. The smallest absolute Gasteiger partial charge is 0.245 e. The van der Waals surface area contributed by atoms with E-state index in [1.807, 2.05) is 30.3 Å². The summed E-state index contributed by atoms with van der Waals surface area (Å²) in [4.78, 5) is 11.3. The van der Waals surface area contributed by atoms with Gasteiger partial charge in [0.05, 0.1) is 18.8 Å². The lowest BCUT2D eigenvalue weighted by Gasteiger charge is -2.27. The highest BCUT2D eigenvalue weighted by atomic mass is 16.5. The number of unbranched alkanes of at least 4 members (excludes halogenated alkanes) is 1. The van der Waals surface area contributed by atoms with E-state index < -0.39 is 0 Å². The molecule has 2 bridgehead atoms. The number of benzene rings is 1. The summed E-state index contributed by atoms with van der Waals surface area (Å²) in [7, 11) is 1.37. The Morgan fingerprint density at radius 2 is 1.96 bits per heavy atom. The van der Waals surface area contributed by atoms with Crippen LogP contribution >= 0.6 is 0 Å². The van der Waals surface area contributed by atoms with Gasteiger partial charge in [-0.1, -0.05) is 30.4 Å². The molecule has 1 amide bonds. The van der Waals surface area contributed by atoms with Crippen molar-refractivity contribution in [1.82, 2.24) is 5.06 Å². The average Bonchev–Trinajstić information content (AvgIpc) is 3.25. The Kier molecular flexibility index (Phi) is 6.69. The van der Waals surface area contributed by atoms with Gasteiger partial charge in [0.2, 0.25) is 5.91 Å². The Hall–Kier alpha value is -1.85. The van der Waals surface area contributed by atoms with Crippen LogP contribution < -0.4 is 4.74 Å². The SMILES string of the molecule is CN(O)C(=O)CCC/C=C\C[C@H]1[C@@H](COc2ccccc2)[C@H]2CC[C@@H]1O2. The third-order valence-electron chi connectivity index (χ3n) is 5.47. The van der Waals surface area contributed by atoms with Gasteiger partial charge in [0.25, 0.3) is 0 Å². The fraction of sp³-hybridized carbons (Fsp3) is 0.571. The summed E-state index contributed by atoms with van der Waals surface area (Å²) in [6.07, 6.45) is 10.3. The standard InChI is InChI=1S/C21H29NO4/c1-22(24)21(23)12-8-3-2-7-11-17-18(20-14-13-19(17)26-20)15-25-16-9-5-4-6-10-16/h2,4-7,9-10,17-20,24H,3,8,11-15H2,1H3/b7-2-/t17-,18+,19-,20+/m0/s1. The molecule has 1 N–H and O–H groups in total. The third-order valence-corrected chi connectivity index (χ3v) is 5.47. The van der Waals surface area contributed by atoms with Gasteiger partial charge in [-0.25, -0.2) is 5.06 Å². The zero-order valence-corrected chi connectivity index (χ0v) is 15.4. The van der Waals surface area contributed by atoms with Crippen LogP contribution in [0.15, 0.2) is 42.5 Å². The second-order valence-electron chi connectivity index (χ2n) is 7.26. The van der Waals surface area contributed by atoms with E-state index in [1.54, 1.807) is 0 Å². The van der Waals surface area contributed by atoms with Crippen molar-refractivity contribution in [2.45, 2.75) is 50.7 Å². The molecule has 2 aliphatic heterocycles. The zero-order chi connectivity index (χ0) is 18.4. The molecule has 3 rings (SSSR count). The van der Waals surface area contributed by atoms with Gasteiger partial charge in [0.1, 0.15) is 5.75 Å². The van der Waals surface area contributed by atoms with E-state index >= 15 is 0 Å². The van der Waals surface area contributed by atoms with Gasteiger partial charge in [-0.05, 0) is 50.2 Å². The van der Waals surface area contributed by atoms with Gasteiger partial charge >= 0.3 is 0 Å². The maximum Gasteiger partial charge on any atom is 0.245 e. The van der Waals surface area contributed by atoms with Crippen molar-refractivity contribution in [2.75, 3.05) is 13.7 Å². The van der Waals surface area contributed by atoms with Gasteiger partial charge in [0, 0.05) is 19.4 Å². The van der Waals surface area contributed by atoms with Crippen molar-refractivity contribution in [3.63, 3.8) is 0 Å². The van der Waals surface area contributed by atoms with Crippen molar-refractivity contribution in [3.8, 4) is 5.75 Å².